The summed E-state index contributed by atoms with van der Waals surface area (Å²) in [5.74, 6) is -3.82. The highest BCUT2D eigenvalue weighted by Gasteiger charge is 2.40. The summed E-state index contributed by atoms with van der Waals surface area (Å²) in [6.45, 7) is 5.27. The summed E-state index contributed by atoms with van der Waals surface area (Å²) in [5, 5.41) is 14.0. The van der Waals surface area contributed by atoms with Crippen molar-refractivity contribution in [3.05, 3.63) is 56.9 Å². The average molecular weight is 546 g/mol. The molecule has 31 heavy (non-hydrogen) atoms. The Morgan fingerprint density at radius 3 is 2.32 bits per heavy atom. The van der Waals surface area contributed by atoms with E-state index in [0.717, 1.165) is 17.0 Å². The fourth-order valence-electron chi connectivity index (χ4n) is 3.50. The topological polar surface area (TPSA) is 75.7 Å². The highest BCUT2D eigenvalue weighted by Crippen LogP contribution is 2.31. The van der Waals surface area contributed by atoms with Crippen LogP contribution >= 0.6 is 22.6 Å². The van der Waals surface area contributed by atoms with Crippen molar-refractivity contribution >= 4 is 46.0 Å². The molecule has 6 nitrogen and oxygen atoms in total. The van der Waals surface area contributed by atoms with E-state index < -0.39 is 46.7 Å². The maximum atomic E-state index is 14.5. The summed E-state index contributed by atoms with van der Waals surface area (Å²) in [6, 6.07) is 5.59. The summed E-state index contributed by atoms with van der Waals surface area (Å²) in [4.78, 5) is 26.9. The third kappa shape index (κ3) is 4.73. The third-order valence-electron chi connectivity index (χ3n) is 4.95. The number of hydrogen-bond acceptors (Lipinski definition) is 4. The van der Waals surface area contributed by atoms with Gasteiger partial charge in [0.05, 0.1) is 23.0 Å². The van der Waals surface area contributed by atoms with Crippen LogP contribution in [0.4, 0.5) is 29.3 Å². The van der Waals surface area contributed by atoms with E-state index in [1.807, 2.05) is 22.6 Å². The second kappa shape index (κ2) is 8.56. The molecule has 1 aliphatic rings. The smallest absolute Gasteiger partial charge is 0.256 e. The number of hydrogen-bond donors (Lipinski definition) is 1. The van der Waals surface area contributed by atoms with Crippen molar-refractivity contribution in [3.8, 4) is 0 Å². The van der Waals surface area contributed by atoms with Gasteiger partial charge in [0.1, 0.15) is 11.9 Å². The van der Waals surface area contributed by atoms with Crippen LogP contribution in [0.25, 0.3) is 0 Å². The van der Waals surface area contributed by atoms with Gasteiger partial charge in [-0.2, -0.15) is 0 Å². The summed E-state index contributed by atoms with van der Waals surface area (Å²) >= 11 is 1.91. The Labute approximate surface area is 191 Å². The van der Waals surface area contributed by atoms with Gasteiger partial charge in [0, 0.05) is 22.2 Å². The zero-order valence-corrected chi connectivity index (χ0v) is 19.2. The Morgan fingerprint density at radius 2 is 1.77 bits per heavy atom. The molecule has 0 saturated carbocycles. The number of halogens is 4. The largest absolute Gasteiger partial charge is 0.530 e. The van der Waals surface area contributed by atoms with Crippen molar-refractivity contribution in [1.82, 2.24) is 9.80 Å². The van der Waals surface area contributed by atoms with Gasteiger partial charge in [0.2, 0.25) is 0 Å². The molecular weight excluding hydrogens is 526 g/mol. The Bertz CT molecular complexity index is 1040. The predicted molar refractivity (Wildman–Crippen MR) is 115 cm³/mol. The lowest BCUT2D eigenvalue weighted by molar-refractivity contribution is -0.275. The van der Waals surface area contributed by atoms with Gasteiger partial charge in [-0.05, 0) is 73.7 Å². The second-order valence-electron chi connectivity index (χ2n) is 8.20. The molecule has 166 valence electrons. The number of amides is 2. The van der Waals surface area contributed by atoms with Crippen LogP contribution in [-0.4, -0.2) is 46.5 Å². The van der Waals surface area contributed by atoms with E-state index >= 15 is 0 Å². The Morgan fingerprint density at radius 1 is 1.13 bits per heavy atom. The molecule has 0 unspecified atom stereocenters. The van der Waals surface area contributed by atoms with E-state index in [0.29, 0.717) is 3.57 Å². The van der Waals surface area contributed by atoms with Crippen LogP contribution in [0, 0.1) is 21.0 Å². The Balaban J connectivity index is 1.86. The van der Waals surface area contributed by atoms with Gasteiger partial charge >= 0.3 is 0 Å². The molecule has 2 aromatic carbocycles. The van der Waals surface area contributed by atoms with Crippen molar-refractivity contribution in [2.75, 3.05) is 18.4 Å². The monoisotopic (exact) mass is 546 g/mol. The van der Waals surface area contributed by atoms with Gasteiger partial charge in [0.15, 0.2) is 11.6 Å². The minimum atomic E-state index is -1.35. The first kappa shape index (κ1) is 23.2. The van der Waals surface area contributed by atoms with E-state index in [-0.39, 0.29) is 24.3 Å². The van der Waals surface area contributed by atoms with Crippen molar-refractivity contribution in [1.29, 1.82) is 0 Å². The lowest BCUT2D eigenvalue weighted by atomic mass is 9.97. The molecule has 0 spiro atoms. The van der Waals surface area contributed by atoms with Gasteiger partial charge in [-0.15, -0.1) is 0 Å². The quantitative estimate of drug-likeness (QED) is 0.594. The van der Waals surface area contributed by atoms with Crippen LogP contribution in [0.1, 0.15) is 31.1 Å². The van der Waals surface area contributed by atoms with Gasteiger partial charge in [-0.25, -0.2) is 13.2 Å². The number of carbonyl (C=O) groups excluding carboxylic acids is 2. The number of likely N-dealkylation sites (tertiary alicyclic amines) is 1. The minimum Gasteiger partial charge on any atom is -0.530 e. The van der Waals surface area contributed by atoms with E-state index in [1.54, 1.807) is 26.8 Å². The molecule has 0 bridgehead atoms. The number of benzene rings is 2. The summed E-state index contributed by atoms with van der Waals surface area (Å²) in [5.41, 5.74) is -1.51. The first-order chi connectivity index (χ1) is 14.4. The maximum absolute atomic E-state index is 14.5. The summed E-state index contributed by atoms with van der Waals surface area (Å²) in [6.07, 6.45) is -1.35. The number of rotatable bonds is 4. The first-order valence-corrected chi connectivity index (χ1v) is 10.5. The van der Waals surface area contributed by atoms with Crippen LogP contribution in [0.15, 0.2) is 30.3 Å². The van der Waals surface area contributed by atoms with Gasteiger partial charge in [0.25, 0.3) is 5.91 Å². The Hall–Kier alpha value is -2.50. The molecule has 1 saturated heterocycles. The van der Waals surface area contributed by atoms with Crippen LogP contribution < -0.4 is 10.4 Å². The van der Waals surface area contributed by atoms with Crippen molar-refractivity contribution in [3.63, 3.8) is 0 Å². The van der Waals surface area contributed by atoms with Gasteiger partial charge < -0.3 is 25.0 Å². The lowest BCUT2D eigenvalue weighted by Gasteiger charge is -2.51. The number of carbonyl (C=O) groups is 2. The fraction of sp³-hybridized carbons (Fsp3) is 0.333. The number of carboxylic acid groups (broad SMARTS) is 1. The molecule has 10 heteroatoms. The molecule has 1 fully saturated rings. The molecule has 2 amide bonds. The molecule has 2 aromatic rings. The molecule has 3 rings (SSSR count). The van der Waals surface area contributed by atoms with Crippen molar-refractivity contribution in [2.45, 2.75) is 32.4 Å². The normalized spacial score (nSPS) is 14.2. The molecule has 1 aliphatic heterocycles. The fourth-order valence-corrected chi connectivity index (χ4v) is 3.96. The minimum absolute atomic E-state index is 0.0699. The molecular formula is C21H20F3IN3O3-. The van der Waals surface area contributed by atoms with Crippen LogP contribution in [0.2, 0.25) is 0 Å². The highest BCUT2D eigenvalue weighted by atomic mass is 127. The van der Waals surface area contributed by atoms with E-state index in [4.69, 9.17) is 0 Å². The van der Waals surface area contributed by atoms with Crippen LogP contribution in [0.3, 0.4) is 0 Å². The second-order valence-corrected chi connectivity index (χ2v) is 9.45. The standard InChI is InChI=1S/C21H21F3IN3O3/c1-21(2,3)28(20(30)31)12-9-27(10-12)19(29)13-5-6-14(22)17(24)18(13)26-16-7-4-11(25)8-15(16)23/h4-8,12,26H,9-10H2,1-3H3,(H,30,31)/p-1. The van der Waals surface area contributed by atoms with E-state index in [2.05, 4.69) is 5.32 Å². The lowest BCUT2D eigenvalue weighted by Crippen LogP contribution is -2.68. The number of nitrogens with zero attached hydrogens (tertiary/aromatic N) is 2. The summed E-state index contributed by atoms with van der Waals surface area (Å²) < 4.78 is 43.2. The predicted octanol–water partition coefficient (Wildman–Crippen LogP) is 3.72. The first-order valence-electron chi connectivity index (χ1n) is 9.39. The maximum Gasteiger partial charge on any atom is 0.256 e. The van der Waals surface area contributed by atoms with Crippen LogP contribution in [-0.2, 0) is 0 Å². The van der Waals surface area contributed by atoms with Crippen molar-refractivity contribution in [2.24, 2.45) is 0 Å². The molecule has 0 aliphatic carbocycles. The molecule has 1 N–H and O–H groups in total. The zero-order valence-electron chi connectivity index (χ0n) is 17.0. The van der Waals surface area contributed by atoms with E-state index in [1.165, 1.54) is 17.0 Å². The van der Waals surface area contributed by atoms with E-state index in [9.17, 15) is 27.9 Å². The SMILES string of the molecule is CC(C)(C)N(C(=O)[O-])C1CN(C(=O)c2ccc(F)c(F)c2Nc2ccc(I)cc2F)C1. The number of nitrogens with one attached hydrogen (secondary N) is 1. The molecule has 1 heterocycles. The molecule has 0 aromatic heterocycles. The van der Waals surface area contributed by atoms with Gasteiger partial charge in [-0.3, -0.25) is 4.79 Å². The Kier molecular flexibility index (Phi) is 6.40. The van der Waals surface area contributed by atoms with Crippen LogP contribution in [0.5, 0.6) is 0 Å². The number of anilines is 2. The van der Waals surface area contributed by atoms with Gasteiger partial charge in [-0.1, -0.05) is 0 Å². The molecule has 0 radical (unpaired) electrons. The molecule has 0 atom stereocenters. The average Bonchev–Trinajstić information content (AvgIpc) is 2.61. The third-order valence-corrected chi connectivity index (χ3v) is 5.62. The zero-order chi connectivity index (χ0) is 23.1. The summed E-state index contributed by atoms with van der Waals surface area (Å²) in [7, 11) is 0. The highest BCUT2D eigenvalue weighted by molar-refractivity contribution is 14.1. The van der Waals surface area contributed by atoms with Crippen molar-refractivity contribution < 1.29 is 27.9 Å².